The molecule has 1 fully saturated rings. The molecular formula is C24H25ClN4O5. The van der Waals surface area contributed by atoms with Crippen molar-refractivity contribution < 1.29 is 23.5 Å². The number of nitrogens with one attached hydrogen (secondary N) is 3. The maximum atomic E-state index is 12.9. The highest BCUT2D eigenvalue weighted by Gasteiger charge is 2.23. The lowest BCUT2D eigenvalue weighted by molar-refractivity contribution is -0.122. The molecule has 9 nitrogen and oxygen atoms in total. The van der Waals surface area contributed by atoms with Crippen molar-refractivity contribution in [1.29, 1.82) is 0 Å². The topological polar surface area (TPSA) is 123 Å². The number of hydrogen-bond donors (Lipinski definition) is 3. The SMILES string of the molecule is O=C(CCCC(=O)NC1CCOCC1)Nc1c(C(=O)Nc2ccc(Cl)cn2)oc2ccccc12. The molecule has 3 N–H and O–H groups in total. The summed E-state index contributed by atoms with van der Waals surface area (Å²) < 4.78 is 11.0. The first-order valence-corrected chi connectivity index (χ1v) is 11.5. The zero-order chi connectivity index (χ0) is 23.9. The summed E-state index contributed by atoms with van der Waals surface area (Å²) in [5.74, 6) is -0.698. The first kappa shape index (κ1) is 23.7. The average molecular weight is 485 g/mol. The minimum atomic E-state index is -0.558. The van der Waals surface area contributed by atoms with Gasteiger partial charge >= 0.3 is 0 Å². The second kappa shape index (κ2) is 11.1. The molecule has 4 rings (SSSR count). The monoisotopic (exact) mass is 484 g/mol. The van der Waals surface area contributed by atoms with Gasteiger partial charge in [0, 0.05) is 43.7 Å². The normalized spacial score (nSPS) is 14.0. The largest absolute Gasteiger partial charge is 0.449 e. The molecule has 0 unspecified atom stereocenters. The smallest absolute Gasteiger partial charge is 0.294 e. The van der Waals surface area contributed by atoms with Crippen LogP contribution in [0.3, 0.4) is 0 Å². The lowest BCUT2D eigenvalue weighted by Gasteiger charge is -2.23. The van der Waals surface area contributed by atoms with Gasteiger partial charge in [-0.25, -0.2) is 4.98 Å². The number of ether oxygens (including phenoxy) is 1. The lowest BCUT2D eigenvalue weighted by atomic mass is 10.1. The van der Waals surface area contributed by atoms with Crippen molar-refractivity contribution in [3.05, 3.63) is 53.4 Å². The second-order valence-electron chi connectivity index (χ2n) is 7.97. The van der Waals surface area contributed by atoms with Gasteiger partial charge in [0.2, 0.25) is 17.6 Å². The molecule has 0 saturated carbocycles. The Labute approximate surface area is 201 Å². The van der Waals surface area contributed by atoms with Crippen LogP contribution < -0.4 is 16.0 Å². The molecule has 1 saturated heterocycles. The summed E-state index contributed by atoms with van der Waals surface area (Å²) in [6, 6.07) is 10.3. The predicted octanol–water partition coefficient (Wildman–Crippen LogP) is 4.14. The van der Waals surface area contributed by atoms with Gasteiger partial charge in [0.05, 0.1) is 5.02 Å². The number of amides is 3. The van der Waals surface area contributed by atoms with E-state index in [4.69, 9.17) is 20.8 Å². The van der Waals surface area contributed by atoms with Crippen LogP contribution in [0, 0.1) is 0 Å². The number of pyridine rings is 1. The molecule has 34 heavy (non-hydrogen) atoms. The van der Waals surface area contributed by atoms with Crippen LogP contribution in [0.1, 0.15) is 42.7 Å². The number of carbonyl (C=O) groups excluding carboxylic acids is 3. The number of furan rings is 1. The number of aromatic nitrogens is 1. The summed E-state index contributed by atoms with van der Waals surface area (Å²) in [4.78, 5) is 41.7. The molecule has 3 aromatic rings. The van der Waals surface area contributed by atoms with Crippen LogP contribution in [-0.2, 0) is 14.3 Å². The van der Waals surface area contributed by atoms with Crippen LogP contribution in [0.2, 0.25) is 5.02 Å². The van der Waals surface area contributed by atoms with Crippen molar-refractivity contribution in [2.75, 3.05) is 23.8 Å². The van der Waals surface area contributed by atoms with Crippen molar-refractivity contribution in [3.63, 3.8) is 0 Å². The van der Waals surface area contributed by atoms with Gasteiger partial charge in [-0.15, -0.1) is 0 Å². The molecule has 178 valence electrons. The fourth-order valence-electron chi connectivity index (χ4n) is 3.71. The second-order valence-corrected chi connectivity index (χ2v) is 8.41. The lowest BCUT2D eigenvalue weighted by Crippen LogP contribution is -2.38. The molecule has 0 aliphatic carbocycles. The number of fused-ring (bicyclic) bond motifs is 1. The summed E-state index contributed by atoms with van der Waals surface area (Å²) in [5.41, 5.74) is 0.738. The standard InChI is InChI=1S/C24H25ClN4O5/c25-15-8-9-19(26-14-15)28-24(32)23-22(17-4-1-2-5-18(17)34-23)29-21(31)7-3-6-20(30)27-16-10-12-33-13-11-16/h1-2,4-5,8-9,14,16H,3,6-7,10-13H2,(H,27,30)(H,29,31)(H,26,28,32). The molecular weight excluding hydrogens is 460 g/mol. The van der Waals surface area contributed by atoms with Crippen LogP contribution in [0.15, 0.2) is 47.0 Å². The zero-order valence-corrected chi connectivity index (χ0v) is 19.2. The average Bonchev–Trinajstić information content (AvgIpc) is 3.19. The van der Waals surface area contributed by atoms with Gasteiger partial charge in [0.15, 0.2) is 0 Å². The first-order valence-electron chi connectivity index (χ1n) is 11.1. The minimum absolute atomic E-state index is 0.0384. The van der Waals surface area contributed by atoms with E-state index in [1.54, 1.807) is 36.4 Å². The molecule has 1 aromatic carbocycles. The van der Waals surface area contributed by atoms with Gasteiger partial charge in [-0.3, -0.25) is 14.4 Å². The maximum Gasteiger partial charge on any atom is 0.294 e. The Morgan fingerprint density at radius 3 is 2.53 bits per heavy atom. The Hall–Kier alpha value is -3.43. The molecule has 1 aliphatic rings. The number of hydrogen-bond acceptors (Lipinski definition) is 6. The summed E-state index contributed by atoms with van der Waals surface area (Å²) in [5, 5.41) is 9.44. The Balaban J connectivity index is 1.38. The van der Waals surface area contributed by atoms with Crippen molar-refractivity contribution in [2.24, 2.45) is 0 Å². The summed E-state index contributed by atoms with van der Waals surface area (Å²) in [7, 11) is 0. The highest BCUT2D eigenvalue weighted by atomic mass is 35.5. The van der Waals surface area contributed by atoms with Gasteiger partial charge in [0.25, 0.3) is 5.91 Å². The van der Waals surface area contributed by atoms with Crippen molar-refractivity contribution in [1.82, 2.24) is 10.3 Å². The molecule has 3 heterocycles. The number of anilines is 2. The maximum absolute atomic E-state index is 12.9. The Bertz CT molecular complexity index is 1170. The van der Waals surface area contributed by atoms with Gasteiger partial charge in [-0.2, -0.15) is 0 Å². The van der Waals surface area contributed by atoms with Crippen LogP contribution >= 0.6 is 11.6 Å². The van der Waals surface area contributed by atoms with E-state index in [0.717, 1.165) is 12.8 Å². The number of nitrogens with zero attached hydrogens (tertiary/aromatic N) is 1. The highest BCUT2D eigenvalue weighted by molar-refractivity contribution is 6.30. The van der Waals surface area contributed by atoms with E-state index < -0.39 is 5.91 Å². The van der Waals surface area contributed by atoms with E-state index >= 15 is 0 Å². The van der Waals surface area contributed by atoms with E-state index in [-0.39, 0.29) is 42.1 Å². The van der Waals surface area contributed by atoms with Gasteiger partial charge in [-0.05, 0) is 43.5 Å². The van der Waals surface area contributed by atoms with E-state index in [9.17, 15) is 14.4 Å². The first-order chi connectivity index (χ1) is 16.5. The molecule has 0 bridgehead atoms. The number of halogens is 1. The van der Waals surface area contributed by atoms with Gasteiger partial charge in [0.1, 0.15) is 17.1 Å². The number of rotatable bonds is 8. The molecule has 0 atom stereocenters. The van der Waals surface area contributed by atoms with E-state index in [2.05, 4.69) is 20.9 Å². The summed E-state index contributed by atoms with van der Waals surface area (Å²) in [6.07, 6.45) is 3.77. The van der Waals surface area contributed by atoms with Gasteiger partial charge in [-0.1, -0.05) is 23.7 Å². The molecule has 2 aromatic heterocycles. The molecule has 10 heteroatoms. The van der Waals surface area contributed by atoms with Crippen molar-refractivity contribution >= 4 is 51.8 Å². The minimum Gasteiger partial charge on any atom is -0.449 e. The third-order valence-electron chi connectivity index (χ3n) is 5.43. The van der Waals surface area contributed by atoms with Crippen molar-refractivity contribution in [2.45, 2.75) is 38.1 Å². The quantitative estimate of drug-likeness (QED) is 0.441. The van der Waals surface area contributed by atoms with E-state index in [1.807, 2.05) is 0 Å². The third kappa shape index (κ3) is 6.12. The summed E-state index contributed by atoms with van der Waals surface area (Å²) >= 11 is 5.84. The van der Waals surface area contributed by atoms with Crippen LogP contribution in [-0.4, -0.2) is 42.0 Å². The van der Waals surface area contributed by atoms with Gasteiger partial charge < -0.3 is 25.1 Å². The van der Waals surface area contributed by atoms with Crippen LogP contribution in [0.4, 0.5) is 11.5 Å². The van der Waals surface area contributed by atoms with E-state index in [1.165, 1.54) is 6.20 Å². The molecule has 0 radical (unpaired) electrons. The third-order valence-corrected chi connectivity index (χ3v) is 5.65. The predicted molar refractivity (Wildman–Crippen MR) is 128 cm³/mol. The number of para-hydroxylation sites is 1. The Morgan fingerprint density at radius 2 is 1.76 bits per heavy atom. The summed E-state index contributed by atoms with van der Waals surface area (Å²) in [6.45, 7) is 1.30. The fraction of sp³-hybridized carbons (Fsp3) is 0.333. The number of benzene rings is 1. The number of carbonyl (C=O) groups is 3. The molecule has 1 aliphatic heterocycles. The molecule has 0 spiro atoms. The highest BCUT2D eigenvalue weighted by Crippen LogP contribution is 2.31. The fourth-order valence-corrected chi connectivity index (χ4v) is 3.82. The van der Waals surface area contributed by atoms with Crippen LogP contribution in [0.5, 0.6) is 0 Å². The zero-order valence-electron chi connectivity index (χ0n) is 18.4. The van der Waals surface area contributed by atoms with Crippen LogP contribution in [0.25, 0.3) is 11.0 Å². The Kier molecular flexibility index (Phi) is 7.76. The van der Waals surface area contributed by atoms with E-state index in [0.29, 0.717) is 41.4 Å². The van der Waals surface area contributed by atoms with Crippen molar-refractivity contribution in [3.8, 4) is 0 Å². The molecule has 3 amide bonds. The Morgan fingerprint density at radius 1 is 1.00 bits per heavy atom.